The van der Waals surface area contributed by atoms with E-state index in [0.717, 1.165) is 10.4 Å². The SMILES string of the molecule is Cc1cc(C(Cc2c(F)cccc2F)NN)sc1C. The lowest BCUT2D eigenvalue weighted by atomic mass is 10.0. The molecule has 1 atom stereocenters. The lowest BCUT2D eigenvalue weighted by Crippen LogP contribution is -2.29. The zero-order valence-corrected chi connectivity index (χ0v) is 11.7. The van der Waals surface area contributed by atoms with Gasteiger partial charge < -0.3 is 0 Å². The van der Waals surface area contributed by atoms with E-state index in [9.17, 15) is 8.78 Å². The molecule has 0 amide bonds. The van der Waals surface area contributed by atoms with Crippen molar-refractivity contribution in [1.29, 1.82) is 0 Å². The number of hydrazine groups is 1. The predicted molar refractivity (Wildman–Crippen MR) is 73.9 cm³/mol. The summed E-state index contributed by atoms with van der Waals surface area (Å²) in [5.41, 5.74) is 3.86. The second kappa shape index (κ2) is 5.77. The maximum absolute atomic E-state index is 13.6. The number of nitrogens with two attached hydrogens (primary N) is 1. The molecule has 0 radical (unpaired) electrons. The van der Waals surface area contributed by atoms with E-state index in [0.29, 0.717) is 0 Å². The van der Waals surface area contributed by atoms with Gasteiger partial charge in [0.25, 0.3) is 0 Å². The smallest absolute Gasteiger partial charge is 0.129 e. The van der Waals surface area contributed by atoms with Crippen LogP contribution in [-0.2, 0) is 6.42 Å². The van der Waals surface area contributed by atoms with Crippen LogP contribution in [0.15, 0.2) is 24.3 Å². The molecule has 5 heteroatoms. The molecule has 1 unspecified atom stereocenters. The van der Waals surface area contributed by atoms with Gasteiger partial charge in [0, 0.05) is 15.3 Å². The first-order valence-electron chi connectivity index (χ1n) is 5.99. The summed E-state index contributed by atoms with van der Waals surface area (Å²) >= 11 is 1.59. The Labute approximate surface area is 115 Å². The molecule has 2 nitrogen and oxygen atoms in total. The number of hydrogen-bond acceptors (Lipinski definition) is 3. The standard InChI is InChI=1S/C14H16F2N2S/c1-8-6-14(19-9(8)2)13(18-17)7-10-11(15)4-3-5-12(10)16/h3-6,13,18H,7,17H2,1-2H3. The van der Waals surface area contributed by atoms with Crippen LogP contribution in [0.2, 0.25) is 0 Å². The third kappa shape index (κ3) is 3.00. The Morgan fingerprint density at radius 1 is 1.26 bits per heavy atom. The molecule has 1 aromatic carbocycles. The number of benzene rings is 1. The number of hydrogen-bond donors (Lipinski definition) is 2. The quantitative estimate of drug-likeness (QED) is 0.666. The monoisotopic (exact) mass is 282 g/mol. The molecule has 0 spiro atoms. The highest BCUT2D eigenvalue weighted by molar-refractivity contribution is 7.12. The van der Waals surface area contributed by atoms with E-state index < -0.39 is 11.6 Å². The van der Waals surface area contributed by atoms with Gasteiger partial charge in [0.05, 0.1) is 6.04 Å². The van der Waals surface area contributed by atoms with Crippen LogP contribution in [0.5, 0.6) is 0 Å². The summed E-state index contributed by atoms with van der Waals surface area (Å²) in [6.07, 6.45) is 0.189. The first-order chi connectivity index (χ1) is 9.02. The third-order valence-corrected chi connectivity index (χ3v) is 4.47. The Hall–Kier alpha value is -1.30. The molecule has 19 heavy (non-hydrogen) atoms. The van der Waals surface area contributed by atoms with E-state index in [2.05, 4.69) is 5.43 Å². The van der Waals surface area contributed by atoms with E-state index in [1.807, 2.05) is 19.9 Å². The molecular weight excluding hydrogens is 266 g/mol. The maximum atomic E-state index is 13.6. The van der Waals surface area contributed by atoms with Gasteiger partial charge in [-0.1, -0.05) is 6.07 Å². The molecule has 0 aliphatic carbocycles. The van der Waals surface area contributed by atoms with E-state index in [-0.39, 0.29) is 18.0 Å². The normalized spacial score (nSPS) is 12.7. The minimum Gasteiger partial charge on any atom is -0.271 e. The second-order valence-electron chi connectivity index (χ2n) is 4.51. The summed E-state index contributed by atoms with van der Waals surface area (Å²) in [7, 11) is 0. The van der Waals surface area contributed by atoms with Crippen LogP contribution in [0.1, 0.15) is 26.9 Å². The molecule has 102 valence electrons. The summed E-state index contributed by atoms with van der Waals surface area (Å²) in [6.45, 7) is 4.02. The molecule has 0 saturated carbocycles. The van der Waals surface area contributed by atoms with Crippen molar-refractivity contribution >= 4 is 11.3 Å². The fourth-order valence-corrected chi connectivity index (χ4v) is 3.05. The fourth-order valence-electron chi connectivity index (χ4n) is 1.95. The third-order valence-electron chi connectivity index (χ3n) is 3.20. The number of rotatable bonds is 4. The molecule has 3 N–H and O–H groups in total. The molecule has 0 aliphatic heterocycles. The van der Waals surface area contributed by atoms with Crippen LogP contribution >= 0.6 is 11.3 Å². The first kappa shape index (κ1) is 14.1. The topological polar surface area (TPSA) is 38.0 Å². The number of thiophene rings is 1. The zero-order valence-electron chi connectivity index (χ0n) is 10.8. The summed E-state index contributed by atoms with van der Waals surface area (Å²) in [5, 5.41) is 0. The van der Waals surface area contributed by atoms with Gasteiger partial charge in [-0.05, 0) is 44.0 Å². The lowest BCUT2D eigenvalue weighted by Gasteiger charge is -2.15. The molecule has 0 aliphatic rings. The first-order valence-corrected chi connectivity index (χ1v) is 6.80. The molecule has 1 heterocycles. The Kier molecular flexibility index (Phi) is 4.29. The van der Waals surface area contributed by atoms with E-state index in [1.54, 1.807) is 11.3 Å². The van der Waals surface area contributed by atoms with E-state index >= 15 is 0 Å². The van der Waals surface area contributed by atoms with Crippen LogP contribution in [-0.4, -0.2) is 0 Å². The highest BCUT2D eigenvalue weighted by Gasteiger charge is 2.18. The van der Waals surface area contributed by atoms with Crippen molar-refractivity contribution in [2.45, 2.75) is 26.3 Å². The average Bonchev–Trinajstić information content (AvgIpc) is 2.69. The Bertz CT molecular complexity index is 541. The van der Waals surface area contributed by atoms with Crippen LogP contribution < -0.4 is 11.3 Å². The van der Waals surface area contributed by atoms with Crippen molar-refractivity contribution in [3.63, 3.8) is 0 Å². The molecule has 2 rings (SSSR count). The number of aryl methyl sites for hydroxylation is 2. The Morgan fingerprint density at radius 2 is 1.89 bits per heavy atom. The second-order valence-corrected chi connectivity index (χ2v) is 5.80. The van der Waals surface area contributed by atoms with Crippen molar-refractivity contribution < 1.29 is 8.78 Å². The molecule has 0 bridgehead atoms. The summed E-state index contributed by atoms with van der Waals surface area (Å²) in [6, 6.07) is 5.60. The van der Waals surface area contributed by atoms with Crippen molar-refractivity contribution in [1.82, 2.24) is 5.43 Å². The van der Waals surface area contributed by atoms with Gasteiger partial charge in [0.1, 0.15) is 11.6 Å². The molecular formula is C14H16F2N2S. The van der Waals surface area contributed by atoms with Gasteiger partial charge in [-0.15, -0.1) is 11.3 Å². The Balaban J connectivity index is 2.29. The van der Waals surface area contributed by atoms with E-state index in [4.69, 9.17) is 5.84 Å². The number of halogens is 2. The van der Waals surface area contributed by atoms with Crippen molar-refractivity contribution in [2.24, 2.45) is 5.84 Å². The van der Waals surface area contributed by atoms with Gasteiger partial charge in [0.2, 0.25) is 0 Å². The summed E-state index contributed by atoms with van der Waals surface area (Å²) in [4.78, 5) is 2.17. The van der Waals surface area contributed by atoms with Crippen LogP contribution in [0.4, 0.5) is 8.78 Å². The average molecular weight is 282 g/mol. The molecule has 0 saturated heterocycles. The summed E-state index contributed by atoms with van der Waals surface area (Å²) in [5.74, 6) is 4.45. The maximum Gasteiger partial charge on any atom is 0.129 e. The predicted octanol–water partition coefficient (Wildman–Crippen LogP) is 3.39. The minimum atomic E-state index is -0.537. The van der Waals surface area contributed by atoms with Crippen molar-refractivity contribution in [2.75, 3.05) is 0 Å². The number of nitrogens with one attached hydrogen (secondary N) is 1. The highest BCUT2D eigenvalue weighted by Crippen LogP contribution is 2.29. The van der Waals surface area contributed by atoms with Crippen LogP contribution in [0, 0.1) is 25.5 Å². The highest BCUT2D eigenvalue weighted by atomic mass is 32.1. The zero-order chi connectivity index (χ0) is 14.0. The molecule has 1 aromatic heterocycles. The van der Waals surface area contributed by atoms with Gasteiger partial charge in [-0.3, -0.25) is 11.3 Å². The summed E-state index contributed by atoms with van der Waals surface area (Å²) < 4.78 is 27.3. The Morgan fingerprint density at radius 3 is 2.37 bits per heavy atom. The van der Waals surface area contributed by atoms with Crippen molar-refractivity contribution in [3.8, 4) is 0 Å². The van der Waals surface area contributed by atoms with Crippen molar-refractivity contribution in [3.05, 3.63) is 56.8 Å². The van der Waals surface area contributed by atoms with Crippen LogP contribution in [0.25, 0.3) is 0 Å². The minimum absolute atomic E-state index is 0.0640. The van der Waals surface area contributed by atoms with Gasteiger partial charge in [0.15, 0.2) is 0 Å². The van der Waals surface area contributed by atoms with E-state index in [1.165, 1.54) is 23.1 Å². The van der Waals surface area contributed by atoms with Gasteiger partial charge in [-0.25, -0.2) is 8.78 Å². The van der Waals surface area contributed by atoms with Gasteiger partial charge in [-0.2, -0.15) is 0 Å². The van der Waals surface area contributed by atoms with Gasteiger partial charge >= 0.3 is 0 Å². The largest absolute Gasteiger partial charge is 0.271 e. The molecule has 2 aromatic rings. The lowest BCUT2D eigenvalue weighted by molar-refractivity contribution is 0.504. The van der Waals surface area contributed by atoms with Crippen LogP contribution in [0.3, 0.4) is 0 Å². The molecule has 0 fully saturated rings. The fraction of sp³-hybridized carbons (Fsp3) is 0.286.